The number of pyridine rings is 1. The molecular formula is C24H25BrN4O. The van der Waals surface area contributed by atoms with Gasteiger partial charge in [-0.1, -0.05) is 41.9 Å². The van der Waals surface area contributed by atoms with Gasteiger partial charge in [-0.05, 0) is 72.0 Å². The first kappa shape index (κ1) is 21.7. The molecule has 6 heteroatoms. The highest BCUT2D eigenvalue weighted by Crippen LogP contribution is 2.20. The number of carbonyl (C=O) groups is 1. The van der Waals surface area contributed by atoms with Gasteiger partial charge >= 0.3 is 0 Å². The molecule has 0 aliphatic rings. The predicted molar refractivity (Wildman–Crippen MR) is 126 cm³/mol. The molecule has 0 unspecified atom stereocenters. The lowest BCUT2D eigenvalue weighted by molar-refractivity contribution is 0.0977. The Morgan fingerprint density at radius 3 is 2.33 bits per heavy atom. The van der Waals surface area contributed by atoms with Crippen LogP contribution in [0.15, 0.2) is 82.5 Å². The normalized spacial score (nSPS) is 12.3. The molecule has 1 amide bonds. The summed E-state index contributed by atoms with van der Waals surface area (Å²) >= 11 is 3.39. The van der Waals surface area contributed by atoms with Crippen LogP contribution < -0.4 is 10.6 Å². The van der Waals surface area contributed by atoms with Crippen molar-refractivity contribution in [1.82, 2.24) is 10.3 Å². The van der Waals surface area contributed by atoms with Gasteiger partial charge in [-0.25, -0.2) is 4.99 Å². The van der Waals surface area contributed by atoms with Crippen LogP contribution >= 0.6 is 15.9 Å². The number of hydrogen-bond donors (Lipinski definition) is 2. The van der Waals surface area contributed by atoms with Gasteiger partial charge in [0.15, 0.2) is 0 Å². The van der Waals surface area contributed by atoms with Crippen LogP contribution in [-0.4, -0.2) is 16.9 Å². The summed E-state index contributed by atoms with van der Waals surface area (Å²) in [7, 11) is 0. The van der Waals surface area contributed by atoms with Gasteiger partial charge in [-0.15, -0.1) is 0 Å². The fourth-order valence-corrected chi connectivity index (χ4v) is 3.08. The van der Waals surface area contributed by atoms with Gasteiger partial charge in [0.25, 0.3) is 5.91 Å². The highest BCUT2D eigenvalue weighted by molar-refractivity contribution is 9.10. The summed E-state index contributed by atoms with van der Waals surface area (Å²) < 4.78 is 0.921. The first-order valence-corrected chi connectivity index (χ1v) is 10.7. The molecular weight excluding hydrogens is 440 g/mol. The molecule has 2 aromatic carbocycles. The van der Waals surface area contributed by atoms with Gasteiger partial charge in [0.2, 0.25) is 5.96 Å². The number of carbonyl (C=O) groups excluding carboxylic acids is 1. The van der Waals surface area contributed by atoms with Gasteiger partial charge < -0.3 is 5.32 Å². The summed E-state index contributed by atoms with van der Waals surface area (Å²) in [6, 6.07) is 19.2. The van der Waals surface area contributed by atoms with Crippen molar-refractivity contribution in [2.24, 2.45) is 4.99 Å². The van der Waals surface area contributed by atoms with Gasteiger partial charge in [0.05, 0.1) is 6.54 Å². The van der Waals surface area contributed by atoms with E-state index in [1.54, 1.807) is 24.5 Å². The largest absolute Gasteiger partial charge is 0.326 e. The lowest BCUT2D eigenvalue weighted by atomic mass is 9.99. The Morgan fingerprint density at radius 2 is 1.70 bits per heavy atom. The summed E-state index contributed by atoms with van der Waals surface area (Å²) in [5.74, 6) is 0.687. The number of nitrogens with one attached hydrogen (secondary N) is 2. The zero-order chi connectivity index (χ0) is 21.3. The van der Waals surface area contributed by atoms with Crippen LogP contribution in [0, 0.1) is 0 Å². The Morgan fingerprint density at radius 1 is 1.03 bits per heavy atom. The fraction of sp³-hybridized carbons (Fsp3) is 0.208. The van der Waals surface area contributed by atoms with E-state index in [4.69, 9.17) is 0 Å². The topological polar surface area (TPSA) is 66.4 Å². The van der Waals surface area contributed by atoms with Crippen LogP contribution in [0.3, 0.4) is 0 Å². The number of aliphatic imine (C=N–C) groups is 1. The summed E-state index contributed by atoms with van der Waals surface area (Å²) in [5, 5.41) is 6.13. The van der Waals surface area contributed by atoms with Crippen LogP contribution in [0.1, 0.15) is 47.7 Å². The highest BCUT2D eigenvalue weighted by atomic mass is 79.9. The Kier molecular flexibility index (Phi) is 7.74. The molecule has 5 nitrogen and oxygen atoms in total. The number of rotatable bonds is 6. The summed E-state index contributed by atoms with van der Waals surface area (Å²) in [5.41, 5.74) is 3.72. The summed E-state index contributed by atoms with van der Waals surface area (Å²) in [4.78, 5) is 21.3. The summed E-state index contributed by atoms with van der Waals surface area (Å²) in [6.45, 7) is 4.82. The minimum Gasteiger partial charge on any atom is -0.326 e. The molecule has 0 spiro atoms. The lowest BCUT2D eigenvalue weighted by Crippen LogP contribution is -2.36. The number of halogens is 1. The maximum atomic E-state index is 12.7. The van der Waals surface area contributed by atoms with Crippen LogP contribution in [0.25, 0.3) is 0 Å². The van der Waals surface area contributed by atoms with E-state index in [9.17, 15) is 4.79 Å². The Hall–Kier alpha value is -2.99. The molecule has 154 valence electrons. The summed E-state index contributed by atoms with van der Waals surface area (Å²) in [6.07, 6.45) is 4.55. The third-order valence-electron chi connectivity index (χ3n) is 4.86. The van der Waals surface area contributed by atoms with Crippen molar-refractivity contribution in [3.63, 3.8) is 0 Å². The molecule has 0 radical (unpaired) electrons. The van der Waals surface area contributed by atoms with E-state index in [0.717, 1.165) is 22.1 Å². The molecule has 1 atom stereocenters. The third kappa shape index (κ3) is 6.26. The standard InChI is InChI=1S/C24H25BrN4O/c1-3-17(2)19-6-10-22(11-7-19)28-24(27-16-18-12-14-26-15-13-18)29-23(30)20-4-8-21(25)9-5-20/h4-15,17H,3,16H2,1-2H3,(H2,27,28,29,30)/t17-/m0/s1. The van der Waals surface area contributed by atoms with Crippen molar-refractivity contribution in [1.29, 1.82) is 0 Å². The van der Waals surface area contributed by atoms with Crippen molar-refractivity contribution in [2.75, 3.05) is 5.32 Å². The maximum Gasteiger partial charge on any atom is 0.257 e. The lowest BCUT2D eigenvalue weighted by Gasteiger charge is -2.14. The second-order valence-electron chi connectivity index (χ2n) is 7.04. The number of guanidine groups is 1. The molecule has 0 aliphatic carbocycles. The quantitative estimate of drug-likeness (QED) is 0.360. The molecule has 3 aromatic rings. The van der Waals surface area contributed by atoms with Crippen molar-refractivity contribution in [3.8, 4) is 0 Å². The van der Waals surface area contributed by atoms with Crippen molar-refractivity contribution in [3.05, 3.63) is 94.2 Å². The third-order valence-corrected chi connectivity index (χ3v) is 5.39. The van der Waals surface area contributed by atoms with E-state index in [1.807, 2.05) is 36.4 Å². The molecule has 30 heavy (non-hydrogen) atoms. The van der Waals surface area contributed by atoms with Gasteiger partial charge in [-0.2, -0.15) is 0 Å². The molecule has 1 heterocycles. The van der Waals surface area contributed by atoms with Crippen LogP contribution in [0.4, 0.5) is 5.69 Å². The number of nitrogens with zero attached hydrogens (tertiary/aromatic N) is 2. The zero-order valence-corrected chi connectivity index (χ0v) is 18.7. The highest BCUT2D eigenvalue weighted by Gasteiger charge is 2.10. The number of anilines is 1. The van der Waals surface area contributed by atoms with Crippen LogP contribution in [0.2, 0.25) is 0 Å². The second kappa shape index (κ2) is 10.7. The Balaban J connectivity index is 1.78. The molecule has 0 saturated heterocycles. The van der Waals surface area contributed by atoms with E-state index >= 15 is 0 Å². The molecule has 0 saturated carbocycles. The Labute approximate surface area is 185 Å². The fourth-order valence-electron chi connectivity index (χ4n) is 2.82. The van der Waals surface area contributed by atoms with E-state index in [1.165, 1.54) is 5.56 Å². The average Bonchev–Trinajstić information content (AvgIpc) is 2.78. The Bertz CT molecular complexity index is 986. The molecule has 0 aliphatic heterocycles. The smallest absolute Gasteiger partial charge is 0.257 e. The van der Waals surface area contributed by atoms with Crippen molar-refractivity contribution >= 4 is 33.5 Å². The molecule has 3 rings (SSSR count). The van der Waals surface area contributed by atoms with Crippen molar-refractivity contribution < 1.29 is 4.79 Å². The maximum absolute atomic E-state index is 12.7. The van der Waals surface area contributed by atoms with Crippen LogP contribution in [0.5, 0.6) is 0 Å². The van der Waals surface area contributed by atoms with Crippen LogP contribution in [-0.2, 0) is 6.54 Å². The average molecular weight is 465 g/mol. The van der Waals surface area contributed by atoms with E-state index < -0.39 is 0 Å². The van der Waals surface area contributed by atoms with Gasteiger partial charge in [0, 0.05) is 28.1 Å². The van der Waals surface area contributed by atoms with Gasteiger partial charge in [-0.3, -0.25) is 15.1 Å². The minimum absolute atomic E-state index is 0.222. The van der Waals surface area contributed by atoms with E-state index in [-0.39, 0.29) is 5.91 Å². The monoisotopic (exact) mass is 464 g/mol. The first-order valence-electron chi connectivity index (χ1n) is 9.92. The minimum atomic E-state index is -0.222. The zero-order valence-electron chi connectivity index (χ0n) is 17.1. The molecule has 0 bridgehead atoms. The van der Waals surface area contributed by atoms with Gasteiger partial charge in [0.1, 0.15) is 0 Å². The number of benzene rings is 2. The predicted octanol–water partition coefficient (Wildman–Crippen LogP) is 5.76. The number of amides is 1. The second-order valence-corrected chi connectivity index (χ2v) is 7.95. The molecule has 0 fully saturated rings. The number of hydrogen-bond acceptors (Lipinski definition) is 3. The first-order chi connectivity index (χ1) is 14.5. The molecule has 1 aromatic heterocycles. The SMILES string of the molecule is CC[C@H](C)c1ccc(NC(=NCc2ccncc2)NC(=O)c2ccc(Br)cc2)cc1. The van der Waals surface area contributed by atoms with E-state index in [2.05, 4.69) is 62.5 Å². The number of aromatic nitrogens is 1. The molecule has 2 N–H and O–H groups in total. The van der Waals surface area contributed by atoms with E-state index in [0.29, 0.717) is 24.0 Å². The van der Waals surface area contributed by atoms with Crippen molar-refractivity contribution in [2.45, 2.75) is 32.7 Å².